The van der Waals surface area contributed by atoms with E-state index in [-0.39, 0.29) is 36.4 Å². The summed E-state index contributed by atoms with van der Waals surface area (Å²) in [5.41, 5.74) is 2.01. The van der Waals surface area contributed by atoms with Crippen molar-refractivity contribution >= 4 is 29.9 Å². The maximum absolute atomic E-state index is 12.7. The molecular formula is C20H28ClN5O3. The number of morpholine rings is 1. The third kappa shape index (κ3) is 5.56. The maximum atomic E-state index is 12.7. The van der Waals surface area contributed by atoms with E-state index in [0.717, 1.165) is 5.56 Å². The number of halogens is 1. The van der Waals surface area contributed by atoms with Crippen molar-refractivity contribution in [2.45, 2.75) is 32.1 Å². The third-order valence-electron chi connectivity index (χ3n) is 4.72. The highest BCUT2D eigenvalue weighted by Gasteiger charge is 2.26. The van der Waals surface area contributed by atoms with Crippen molar-refractivity contribution in [3.05, 3.63) is 47.8 Å². The van der Waals surface area contributed by atoms with Gasteiger partial charge in [0.15, 0.2) is 0 Å². The van der Waals surface area contributed by atoms with E-state index in [4.69, 9.17) is 4.74 Å². The Morgan fingerprint density at radius 3 is 2.31 bits per heavy atom. The molecule has 1 fully saturated rings. The van der Waals surface area contributed by atoms with Gasteiger partial charge in [0.2, 0.25) is 5.91 Å². The van der Waals surface area contributed by atoms with Crippen LogP contribution in [-0.4, -0.2) is 58.8 Å². The summed E-state index contributed by atoms with van der Waals surface area (Å²) in [6.07, 6.45) is 3.51. The standard InChI is InChI=1S/C20H27N5O3.ClH/c1-13-10-25(11-14(2)28-13)20(27)15-5-7-17(8-6-15)23-19(26)18(21-3)16-9-22-24(4)12-16;/h5-9,12-14,18,21H,10-11H2,1-4H3,(H,23,26);1H. The molecule has 3 atom stereocenters. The van der Waals surface area contributed by atoms with Gasteiger partial charge in [0, 0.05) is 43.1 Å². The summed E-state index contributed by atoms with van der Waals surface area (Å²) in [6.45, 7) is 5.09. The quantitative estimate of drug-likeness (QED) is 0.770. The Balaban J connectivity index is 0.00000300. The SMILES string of the molecule is CNC(C(=O)Nc1ccc(C(=O)N2CC(C)OC(C)C2)cc1)c1cnn(C)c1.Cl. The molecule has 0 bridgehead atoms. The summed E-state index contributed by atoms with van der Waals surface area (Å²) >= 11 is 0. The summed E-state index contributed by atoms with van der Waals surface area (Å²) in [7, 11) is 3.53. The molecule has 0 aliphatic carbocycles. The van der Waals surface area contributed by atoms with Crippen LogP contribution in [0.5, 0.6) is 0 Å². The first-order valence-corrected chi connectivity index (χ1v) is 9.39. The molecule has 1 aliphatic rings. The number of amides is 2. The lowest BCUT2D eigenvalue weighted by Crippen LogP contribution is -2.48. The first-order chi connectivity index (χ1) is 13.4. The van der Waals surface area contributed by atoms with Gasteiger partial charge in [-0.15, -0.1) is 12.4 Å². The summed E-state index contributed by atoms with van der Waals surface area (Å²) in [6, 6.07) is 6.46. The molecule has 8 nitrogen and oxygen atoms in total. The van der Waals surface area contributed by atoms with Crippen molar-refractivity contribution in [1.29, 1.82) is 0 Å². The van der Waals surface area contributed by atoms with Crippen LogP contribution in [0.1, 0.15) is 35.8 Å². The minimum Gasteiger partial charge on any atom is -0.372 e. The lowest BCUT2D eigenvalue weighted by molar-refractivity contribution is -0.118. The number of nitrogens with zero attached hydrogens (tertiary/aromatic N) is 3. The van der Waals surface area contributed by atoms with Crippen LogP contribution in [0.15, 0.2) is 36.7 Å². The van der Waals surface area contributed by atoms with Crippen LogP contribution in [0, 0.1) is 0 Å². The number of ether oxygens (including phenoxy) is 1. The van der Waals surface area contributed by atoms with Crippen molar-refractivity contribution in [3.8, 4) is 0 Å². The first kappa shape index (κ1) is 22.9. The van der Waals surface area contributed by atoms with Crippen LogP contribution in [0.2, 0.25) is 0 Å². The Hall–Kier alpha value is -2.42. The number of aryl methyl sites for hydroxylation is 1. The highest BCUT2D eigenvalue weighted by molar-refractivity contribution is 5.97. The van der Waals surface area contributed by atoms with E-state index < -0.39 is 6.04 Å². The van der Waals surface area contributed by atoms with E-state index in [1.165, 1.54) is 0 Å². The van der Waals surface area contributed by atoms with Crippen molar-refractivity contribution in [1.82, 2.24) is 20.0 Å². The van der Waals surface area contributed by atoms with Gasteiger partial charge in [0.1, 0.15) is 6.04 Å². The second-order valence-electron chi connectivity index (χ2n) is 7.20. The molecular weight excluding hydrogens is 394 g/mol. The summed E-state index contributed by atoms with van der Waals surface area (Å²) < 4.78 is 7.34. The molecule has 3 rings (SSSR count). The molecule has 2 aromatic rings. The van der Waals surface area contributed by atoms with Crippen LogP contribution in [-0.2, 0) is 16.6 Å². The third-order valence-corrected chi connectivity index (χ3v) is 4.72. The molecule has 9 heteroatoms. The van der Waals surface area contributed by atoms with Gasteiger partial charge in [0.05, 0.1) is 18.4 Å². The van der Waals surface area contributed by atoms with Gasteiger partial charge in [-0.25, -0.2) is 0 Å². The van der Waals surface area contributed by atoms with Gasteiger partial charge in [-0.05, 0) is 45.2 Å². The number of hydrogen-bond acceptors (Lipinski definition) is 5. The van der Waals surface area contributed by atoms with Gasteiger partial charge in [0.25, 0.3) is 5.91 Å². The van der Waals surface area contributed by atoms with Crippen molar-refractivity contribution in [2.75, 3.05) is 25.5 Å². The van der Waals surface area contributed by atoms with Crippen LogP contribution >= 0.6 is 12.4 Å². The molecule has 0 saturated carbocycles. The number of benzene rings is 1. The zero-order valence-corrected chi connectivity index (χ0v) is 17.9. The van der Waals surface area contributed by atoms with Crippen LogP contribution < -0.4 is 10.6 Å². The van der Waals surface area contributed by atoms with E-state index in [2.05, 4.69) is 15.7 Å². The fraction of sp³-hybridized carbons (Fsp3) is 0.450. The Morgan fingerprint density at radius 2 is 1.79 bits per heavy atom. The van der Waals surface area contributed by atoms with Gasteiger partial charge < -0.3 is 20.3 Å². The zero-order valence-electron chi connectivity index (χ0n) is 17.1. The minimum atomic E-state index is -0.508. The fourth-order valence-electron chi connectivity index (χ4n) is 3.48. The Morgan fingerprint density at radius 1 is 1.17 bits per heavy atom. The summed E-state index contributed by atoms with van der Waals surface area (Å²) in [5.74, 6) is -0.214. The predicted octanol–water partition coefficient (Wildman–Crippen LogP) is 1.99. The second-order valence-corrected chi connectivity index (χ2v) is 7.20. The highest BCUT2D eigenvalue weighted by atomic mass is 35.5. The van der Waals surface area contributed by atoms with Gasteiger partial charge >= 0.3 is 0 Å². The molecule has 3 unspecified atom stereocenters. The highest BCUT2D eigenvalue weighted by Crippen LogP contribution is 2.18. The smallest absolute Gasteiger partial charge is 0.254 e. The fourth-order valence-corrected chi connectivity index (χ4v) is 3.48. The Bertz CT molecular complexity index is 829. The number of anilines is 1. The topological polar surface area (TPSA) is 88.5 Å². The van der Waals surface area contributed by atoms with E-state index in [1.54, 1.807) is 55.4 Å². The first-order valence-electron chi connectivity index (χ1n) is 9.39. The van der Waals surface area contributed by atoms with E-state index in [1.807, 2.05) is 18.7 Å². The number of likely N-dealkylation sites (N-methyl/N-ethyl adjacent to an activating group) is 1. The van der Waals surface area contributed by atoms with Crippen molar-refractivity contribution < 1.29 is 14.3 Å². The van der Waals surface area contributed by atoms with Crippen LogP contribution in [0.4, 0.5) is 5.69 Å². The van der Waals surface area contributed by atoms with E-state index in [9.17, 15) is 9.59 Å². The molecule has 1 saturated heterocycles. The molecule has 2 amide bonds. The Kier molecular flexibility index (Phi) is 7.78. The molecule has 1 aromatic carbocycles. The second kappa shape index (κ2) is 9.87. The summed E-state index contributed by atoms with van der Waals surface area (Å²) in [4.78, 5) is 27.1. The van der Waals surface area contributed by atoms with Gasteiger partial charge in [-0.1, -0.05) is 0 Å². The lowest BCUT2D eigenvalue weighted by Gasteiger charge is -2.35. The lowest BCUT2D eigenvalue weighted by atomic mass is 10.1. The summed E-state index contributed by atoms with van der Waals surface area (Å²) in [5, 5.41) is 9.98. The molecule has 1 aromatic heterocycles. The average Bonchev–Trinajstić information content (AvgIpc) is 3.07. The van der Waals surface area contributed by atoms with Crippen molar-refractivity contribution in [2.24, 2.45) is 7.05 Å². The molecule has 0 spiro atoms. The minimum absolute atomic E-state index is 0. The average molecular weight is 422 g/mol. The number of aromatic nitrogens is 2. The number of hydrogen-bond donors (Lipinski definition) is 2. The van der Waals surface area contributed by atoms with Gasteiger partial charge in [-0.3, -0.25) is 14.3 Å². The predicted molar refractivity (Wildman–Crippen MR) is 113 cm³/mol. The number of carbonyl (C=O) groups is 2. The molecule has 1 aliphatic heterocycles. The van der Waals surface area contributed by atoms with E-state index >= 15 is 0 Å². The molecule has 2 N–H and O–H groups in total. The monoisotopic (exact) mass is 421 g/mol. The number of rotatable bonds is 5. The van der Waals surface area contributed by atoms with E-state index in [0.29, 0.717) is 24.3 Å². The van der Waals surface area contributed by atoms with Crippen LogP contribution in [0.25, 0.3) is 0 Å². The molecule has 29 heavy (non-hydrogen) atoms. The number of nitrogens with one attached hydrogen (secondary N) is 2. The molecule has 0 radical (unpaired) electrons. The largest absolute Gasteiger partial charge is 0.372 e. The van der Waals surface area contributed by atoms with Crippen molar-refractivity contribution in [3.63, 3.8) is 0 Å². The normalized spacial score (nSPS) is 19.9. The Labute approximate surface area is 177 Å². The maximum Gasteiger partial charge on any atom is 0.254 e. The zero-order chi connectivity index (χ0) is 20.3. The van der Waals surface area contributed by atoms with Crippen LogP contribution in [0.3, 0.4) is 0 Å². The molecule has 158 valence electrons. The number of carbonyl (C=O) groups excluding carboxylic acids is 2. The van der Waals surface area contributed by atoms with Gasteiger partial charge in [-0.2, -0.15) is 5.10 Å². The molecule has 2 heterocycles.